The molecule has 1 unspecified atom stereocenters. The molecule has 0 aliphatic carbocycles. The predicted octanol–water partition coefficient (Wildman–Crippen LogP) is 1.47. The zero-order valence-electron chi connectivity index (χ0n) is 6.30. The number of nitrogens with zero attached hydrogens (tertiary/aromatic N) is 1. The van der Waals surface area contributed by atoms with Crippen molar-refractivity contribution in [1.29, 1.82) is 0 Å². The average Bonchev–Trinajstić information content (AvgIpc) is 2.49. The van der Waals surface area contributed by atoms with Gasteiger partial charge in [-0.25, -0.2) is 9.19 Å². The van der Waals surface area contributed by atoms with Crippen molar-refractivity contribution >= 4 is 32.9 Å². The van der Waals surface area contributed by atoms with E-state index in [0.29, 0.717) is 5.75 Å². The van der Waals surface area contributed by atoms with E-state index in [1.54, 1.807) is 23.7 Å². The average molecular weight is 214 g/mol. The largest absolute Gasteiger partial charge is 0.740 e. The van der Waals surface area contributed by atoms with Gasteiger partial charge in [-0.3, -0.25) is 0 Å². The van der Waals surface area contributed by atoms with Gasteiger partial charge in [0.2, 0.25) is 0 Å². The van der Waals surface area contributed by atoms with E-state index in [2.05, 4.69) is 9.17 Å². The number of benzene rings is 1. The molecule has 0 saturated heterocycles. The molecule has 0 amide bonds. The minimum Gasteiger partial charge on any atom is -0.740 e. The van der Waals surface area contributed by atoms with Gasteiger partial charge < -0.3 is 8.74 Å². The summed E-state index contributed by atoms with van der Waals surface area (Å²) in [6.45, 7) is 0. The van der Waals surface area contributed by atoms with Gasteiger partial charge >= 0.3 is 0 Å². The quantitative estimate of drug-likeness (QED) is 0.710. The molecule has 0 N–H and O–H groups in total. The first-order valence-electron chi connectivity index (χ1n) is 3.36. The lowest BCUT2D eigenvalue weighted by atomic mass is 10.3. The lowest BCUT2D eigenvalue weighted by Gasteiger charge is -2.05. The van der Waals surface area contributed by atoms with Crippen LogP contribution in [0.25, 0.3) is 10.2 Å². The van der Waals surface area contributed by atoms with E-state index in [0.717, 1.165) is 10.2 Å². The third-order valence-corrected chi connectivity index (χ3v) is 2.59. The fourth-order valence-corrected chi connectivity index (χ4v) is 1.93. The Morgan fingerprint density at radius 3 is 3.15 bits per heavy atom. The van der Waals surface area contributed by atoms with Gasteiger partial charge in [-0.1, -0.05) is 0 Å². The number of aromatic nitrogens is 1. The summed E-state index contributed by atoms with van der Waals surface area (Å²) in [7, 11) is 0. The highest BCUT2D eigenvalue weighted by Gasteiger charge is 1.99. The van der Waals surface area contributed by atoms with Gasteiger partial charge in [0, 0.05) is 6.07 Å². The van der Waals surface area contributed by atoms with Crippen molar-refractivity contribution in [2.24, 2.45) is 0 Å². The van der Waals surface area contributed by atoms with Gasteiger partial charge in [0.1, 0.15) is 17.1 Å². The Bertz CT molecular complexity index is 454. The highest BCUT2D eigenvalue weighted by Crippen LogP contribution is 2.23. The molecule has 0 bridgehead atoms. The van der Waals surface area contributed by atoms with Crippen LogP contribution in [0.1, 0.15) is 0 Å². The molecule has 1 aromatic heterocycles. The summed E-state index contributed by atoms with van der Waals surface area (Å²) in [5.41, 5.74) is 2.54. The minimum absolute atomic E-state index is 0.310. The molecule has 0 aliphatic rings. The van der Waals surface area contributed by atoms with Crippen molar-refractivity contribution in [2.75, 3.05) is 0 Å². The lowest BCUT2D eigenvalue weighted by molar-refractivity contribution is 0.440. The van der Waals surface area contributed by atoms with Crippen LogP contribution in [0.3, 0.4) is 0 Å². The zero-order valence-corrected chi connectivity index (χ0v) is 7.93. The van der Waals surface area contributed by atoms with Crippen LogP contribution in [0.2, 0.25) is 0 Å². The predicted molar refractivity (Wildman–Crippen MR) is 49.2 cm³/mol. The Kier molecular flexibility index (Phi) is 2.26. The Morgan fingerprint density at radius 2 is 2.38 bits per heavy atom. The van der Waals surface area contributed by atoms with Gasteiger partial charge in [-0.2, -0.15) is 0 Å². The first kappa shape index (κ1) is 8.61. The van der Waals surface area contributed by atoms with E-state index in [1.807, 2.05) is 0 Å². The summed E-state index contributed by atoms with van der Waals surface area (Å²) in [6.07, 6.45) is 0. The Labute approximate surface area is 80.7 Å². The summed E-state index contributed by atoms with van der Waals surface area (Å²) in [5, 5.41) is 0. The molecule has 2 rings (SSSR count). The number of rotatable bonds is 2. The molecule has 1 aromatic carbocycles. The summed E-state index contributed by atoms with van der Waals surface area (Å²) in [6, 6.07) is 4.93. The highest BCUT2D eigenvalue weighted by molar-refractivity contribution is 7.74. The van der Waals surface area contributed by atoms with Gasteiger partial charge in [-0.05, 0) is 12.1 Å². The van der Waals surface area contributed by atoms with E-state index in [9.17, 15) is 8.76 Å². The van der Waals surface area contributed by atoms with Crippen LogP contribution in [0.5, 0.6) is 5.75 Å². The Balaban J connectivity index is 2.42. The monoisotopic (exact) mass is 214 g/mol. The molecular formula is C7H4NO3S2-. The molecule has 0 radical (unpaired) electrons. The van der Waals surface area contributed by atoms with E-state index in [1.165, 1.54) is 11.3 Å². The van der Waals surface area contributed by atoms with Crippen LogP contribution in [0.15, 0.2) is 23.7 Å². The van der Waals surface area contributed by atoms with E-state index in [4.69, 9.17) is 0 Å². The van der Waals surface area contributed by atoms with Crippen molar-refractivity contribution in [3.05, 3.63) is 23.7 Å². The van der Waals surface area contributed by atoms with Gasteiger partial charge in [0.25, 0.3) is 0 Å². The smallest absolute Gasteiger partial charge is 0.140 e. The second-order valence-electron chi connectivity index (χ2n) is 2.27. The van der Waals surface area contributed by atoms with Crippen LogP contribution < -0.4 is 4.18 Å². The topological polar surface area (TPSA) is 62.2 Å². The van der Waals surface area contributed by atoms with Crippen molar-refractivity contribution in [3.8, 4) is 5.75 Å². The SMILES string of the molecule is O=S([O-])Oc1ccc2ncsc2c1. The fraction of sp³-hybridized carbons (Fsp3) is 0. The highest BCUT2D eigenvalue weighted by atomic mass is 32.2. The zero-order chi connectivity index (χ0) is 9.26. The van der Waals surface area contributed by atoms with Crippen molar-refractivity contribution in [1.82, 2.24) is 4.98 Å². The number of hydrogen-bond donors (Lipinski definition) is 0. The number of thiazole rings is 1. The summed E-state index contributed by atoms with van der Waals surface area (Å²) < 4.78 is 25.8. The van der Waals surface area contributed by atoms with Gasteiger partial charge in [0.05, 0.1) is 15.7 Å². The normalized spacial score (nSPS) is 13.0. The lowest BCUT2D eigenvalue weighted by Crippen LogP contribution is -1.97. The van der Waals surface area contributed by atoms with Crippen LogP contribution >= 0.6 is 11.3 Å². The fourth-order valence-electron chi connectivity index (χ4n) is 0.966. The third-order valence-electron chi connectivity index (χ3n) is 1.47. The maximum Gasteiger partial charge on any atom is 0.140 e. The second kappa shape index (κ2) is 3.41. The van der Waals surface area contributed by atoms with Crippen LogP contribution in [0, 0.1) is 0 Å². The first-order chi connectivity index (χ1) is 6.25. The van der Waals surface area contributed by atoms with Gasteiger partial charge in [0.15, 0.2) is 0 Å². The number of hydrogen-bond acceptors (Lipinski definition) is 5. The minimum atomic E-state index is -2.51. The van der Waals surface area contributed by atoms with Crippen molar-refractivity contribution in [2.45, 2.75) is 0 Å². The second-order valence-corrected chi connectivity index (χ2v) is 3.73. The molecule has 13 heavy (non-hydrogen) atoms. The van der Waals surface area contributed by atoms with Crippen molar-refractivity contribution < 1.29 is 12.9 Å². The molecule has 0 aliphatic heterocycles. The summed E-state index contributed by atoms with van der Waals surface area (Å²) >= 11 is -1.08. The van der Waals surface area contributed by atoms with E-state index < -0.39 is 11.4 Å². The molecule has 6 heteroatoms. The van der Waals surface area contributed by atoms with E-state index in [-0.39, 0.29) is 0 Å². The van der Waals surface area contributed by atoms with E-state index >= 15 is 0 Å². The molecule has 1 heterocycles. The molecule has 4 nitrogen and oxygen atoms in total. The maximum atomic E-state index is 10.2. The molecule has 2 aromatic rings. The molecular weight excluding hydrogens is 210 g/mol. The summed E-state index contributed by atoms with van der Waals surface area (Å²) in [4.78, 5) is 4.05. The summed E-state index contributed by atoms with van der Waals surface area (Å²) in [5.74, 6) is 0.310. The number of fused-ring (bicyclic) bond motifs is 1. The molecule has 68 valence electrons. The van der Waals surface area contributed by atoms with Gasteiger partial charge in [-0.15, -0.1) is 11.3 Å². The Morgan fingerprint density at radius 1 is 1.54 bits per heavy atom. The maximum absolute atomic E-state index is 10.2. The molecule has 0 saturated carbocycles. The molecule has 0 fully saturated rings. The van der Waals surface area contributed by atoms with Crippen LogP contribution in [-0.2, 0) is 11.4 Å². The standard InChI is InChI=1S/C7H5NO3S2/c9-13(10)11-5-1-2-6-7(3-5)12-4-8-6/h1-4H,(H,9,10)/p-1. The first-order valence-corrected chi connectivity index (χ1v) is 5.24. The third kappa shape index (κ3) is 1.85. The van der Waals surface area contributed by atoms with Crippen molar-refractivity contribution in [3.63, 3.8) is 0 Å². The molecule has 1 atom stereocenters. The Hall–Kier alpha value is -0.980. The molecule has 0 spiro atoms. The van der Waals surface area contributed by atoms with Crippen LogP contribution in [-0.4, -0.2) is 13.7 Å². The van der Waals surface area contributed by atoms with Crippen LogP contribution in [0.4, 0.5) is 0 Å².